The van der Waals surface area contributed by atoms with E-state index < -0.39 is 0 Å². The van der Waals surface area contributed by atoms with Gasteiger partial charge in [0, 0.05) is 22.5 Å². The zero-order chi connectivity index (χ0) is 15.1. The molecule has 21 heavy (non-hydrogen) atoms. The number of rotatable bonds is 2. The van der Waals surface area contributed by atoms with Crippen LogP contribution in [0.3, 0.4) is 0 Å². The van der Waals surface area contributed by atoms with Crippen LogP contribution in [0, 0.1) is 0 Å². The number of amides is 1. The minimum absolute atomic E-state index is 0.118. The standard InChI is InChI=1S/C15H10Cl2N2O2/c16-11-2-1-8(18)5-10(11)15(21)9-3-7-4-14(20)19-13(7)6-12(9)17/h1-3,5-6H,4,18H2,(H,19,20). The summed E-state index contributed by atoms with van der Waals surface area (Å²) in [4.78, 5) is 24.0. The van der Waals surface area contributed by atoms with Gasteiger partial charge in [-0.2, -0.15) is 0 Å². The number of benzene rings is 2. The fourth-order valence-electron chi connectivity index (χ4n) is 2.28. The first-order valence-electron chi connectivity index (χ1n) is 6.17. The van der Waals surface area contributed by atoms with Crippen molar-refractivity contribution in [2.75, 3.05) is 11.1 Å². The van der Waals surface area contributed by atoms with Crippen molar-refractivity contribution in [3.05, 3.63) is 57.1 Å². The second kappa shape index (κ2) is 5.06. The first-order valence-corrected chi connectivity index (χ1v) is 6.93. The summed E-state index contributed by atoms with van der Waals surface area (Å²) in [5, 5.41) is 3.25. The number of anilines is 2. The summed E-state index contributed by atoms with van der Waals surface area (Å²) >= 11 is 12.2. The van der Waals surface area contributed by atoms with Crippen molar-refractivity contribution < 1.29 is 9.59 Å². The highest BCUT2D eigenvalue weighted by atomic mass is 35.5. The molecule has 106 valence electrons. The number of nitrogens with one attached hydrogen (secondary N) is 1. The Morgan fingerprint density at radius 2 is 1.81 bits per heavy atom. The van der Waals surface area contributed by atoms with Crippen molar-refractivity contribution in [2.45, 2.75) is 6.42 Å². The van der Waals surface area contributed by atoms with Crippen molar-refractivity contribution in [3.63, 3.8) is 0 Å². The molecular weight excluding hydrogens is 311 g/mol. The van der Waals surface area contributed by atoms with Crippen LogP contribution >= 0.6 is 23.2 Å². The van der Waals surface area contributed by atoms with Crippen LogP contribution in [0.2, 0.25) is 10.0 Å². The second-order valence-corrected chi connectivity index (χ2v) is 5.60. The number of ketones is 1. The molecular formula is C15H10Cl2N2O2. The number of hydrogen-bond donors (Lipinski definition) is 2. The molecule has 0 spiro atoms. The summed E-state index contributed by atoms with van der Waals surface area (Å²) in [6.45, 7) is 0. The lowest BCUT2D eigenvalue weighted by molar-refractivity contribution is -0.115. The van der Waals surface area contributed by atoms with E-state index in [1.165, 1.54) is 6.07 Å². The van der Waals surface area contributed by atoms with Gasteiger partial charge in [-0.15, -0.1) is 0 Å². The Balaban J connectivity index is 2.09. The van der Waals surface area contributed by atoms with Gasteiger partial charge in [-0.3, -0.25) is 9.59 Å². The quantitative estimate of drug-likeness (QED) is 0.658. The molecule has 0 aromatic heterocycles. The van der Waals surface area contributed by atoms with E-state index in [0.717, 1.165) is 5.56 Å². The summed E-state index contributed by atoms with van der Waals surface area (Å²) in [5.41, 5.74) is 8.11. The van der Waals surface area contributed by atoms with Gasteiger partial charge in [0.05, 0.1) is 16.5 Å². The monoisotopic (exact) mass is 320 g/mol. The molecule has 1 heterocycles. The molecule has 1 amide bonds. The molecule has 0 radical (unpaired) electrons. The van der Waals surface area contributed by atoms with Crippen LogP contribution in [0.4, 0.5) is 11.4 Å². The summed E-state index contributed by atoms with van der Waals surface area (Å²) in [6, 6.07) is 7.90. The number of nitrogens with two attached hydrogens (primary N) is 1. The molecule has 1 aliphatic heterocycles. The SMILES string of the molecule is Nc1ccc(Cl)c(C(=O)c2cc3c(cc2Cl)NC(=O)C3)c1. The average molecular weight is 321 g/mol. The van der Waals surface area contributed by atoms with E-state index in [1.54, 1.807) is 24.3 Å². The number of carbonyl (C=O) groups is 2. The molecule has 4 nitrogen and oxygen atoms in total. The third kappa shape index (κ3) is 2.48. The van der Waals surface area contributed by atoms with Crippen LogP contribution in [-0.2, 0) is 11.2 Å². The Labute approximate surface area is 130 Å². The van der Waals surface area contributed by atoms with Crippen LogP contribution in [-0.4, -0.2) is 11.7 Å². The highest BCUT2D eigenvalue weighted by Gasteiger charge is 2.23. The number of nitrogen functional groups attached to an aromatic ring is 1. The third-order valence-corrected chi connectivity index (χ3v) is 3.94. The van der Waals surface area contributed by atoms with Gasteiger partial charge in [0.2, 0.25) is 5.91 Å². The molecule has 3 N–H and O–H groups in total. The van der Waals surface area contributed by atoms with Crippen LogP contribution in [0.15, 0.2) is 30.3 Å². The predicted octanol–water partition coefficient (Wildman–Crippen LogP) is 3.30. The number of hydrogen-bond acceptors (Lipinski definition) is 3. The zero-order valence-corrected chi connectivity index (χ0v) is 12.3. The highest BCUT2D eigenvalue weighted by molar-refractivity contribution is 6.38. The maximum absolute atomic E-state index is 12.6. The molecule has 2 aromatic carbocycles. The lowest BCUT2D eigenvalue weighted by Gasteiger charge is -2.09. The highest BCUT2D eigenvalue weighted by Crippen LogP contribution is 2.32. The van der Waals surface area contributed by atoms with Gasteiger partial charge >= 0.3 is 0 Å². The molecule has 0 aliphatic carbocycles. The van der Waals surface area contributed by atoms with Gasteiger partial charge in [0.15, 0.2) is 5.78 Å². The second-order valence-electron chi connectivity index (χ2n) is 4.78. The molecule has 6 heteroatoms. The molecule has 1 aliphatic rings. The topological polar surface area (TPSA) is 72.2 Å². The van der Waals surface area contributed by atoms with Crippen molar-refractivity contribution in [1.82, 2.24) is 0 Å². The van der Waals surface area contributed by atoms with Crippen LogP contribution in [0.1, 0.15) is 21.5 Å². The van der Waals surface area contributed by atoms with Crippen molar-refractivity contribution in [3.8, 4) is 0 Å². The van der Waals surface area contributed by atoms with Gasteiger partial charge in [-0.25, -0.2) is 0 Å². The fraction of sp³-hybridized carbons (Fsp3) is 0.0667. The summed E-state index contributed by atoms with van der Waals surface area (Å²) in [5.74, 6) is -0.438. The summed E-state index contributed by atoms with van der Waals surface area (Å²) < 4.78 is 0. The third-order valence-electron chi connectivity index (χ3n) is 3.30. The first kappa shape index (κ1) is 13.9. The molecule has 0 fully saturated rings. The Bertz CT molecular complexity index is 787. The van der Waals surface area contributed by atoms with Gasteiger partial charge in [0.25, 0.3) is 0 Å². The van der Waals surface area contributed by atoms with E-state index in [9.17, 15) is 9.59 Å². The average Bonchev–Trinajstić information content (AvgIpc) is 2.79. The largest absolute Gasteiger partial charge is 0.399 e. The Morgan fingerprint density at radius 1 is 1.10 bits per heavy atom. The molecule has 3 rings (SSSR count). The molecule has 0 atom stereocenters. The molecule has 0 saturated heterocycles. The Kier molecular flexibility index (Phi) is 3.35. The molecule has 2 aromatic rings. The van der Waals surface area contributed by atoms with E-state index in [2.05, 4.69) is 5.32 Å². The lowest BCUT2D eigenvalue weighted by atomic mass is 9.99. The van der Waals surface area contributed by atoms with E-state index >= 15 is 0 Å². The minimum atomic E-state index is -0.320. The van der Waals surface area contributed by atoms with Gasteiger partial charge < -0.3 is 11.1 Å². The maximum Gasteiger partial charge on any atom is 0.228 e. The number of fused-ring (bicyclic) bond motifs is 1. The van der Waals surface area contributed by atoms with Crippen molar-refractivity contribution in [1.29, 1.82) is 0 Å². The predicted molar refractivity (Wildman–Crippen MR) is 83.1 cm³/mol. The van der Waals surface area contributed by atoms with E-state index in [0.29, 0.717) is 22.0 Å². The van der Waals surface area contributed by atoms with Gasteiger partial charge in [0.1, 0.15) is 0 Å². The number of halogens is 2. The van der Waals surface area contributed by atoms with Crippen LogP contribution < -0.4 is 11.1 Å². The summed E-state index contributed by atoms with van der Waals surface area (Å²) in [6.07, 6.45) is 0.234. The maximum atomic E-state index is 12.6. The fourth-order valence-corrected chi connectivity index (χ4v) is 2.74. The molecule has 0 saturated carbocycles. The zero-order valence-electron chi connectivity index (χ0n) is 10.7. The van der Waals surface area contributed by atoms with Crippen molar-refractivity contribution >= 4 is 46.3 Å². The van der Waals surface area contributed by atoms with Crippen molar-refractivity contribution in [2.24, 2.45) is 0 Å². The lowest BCUT2D eigenvalue weighted by Crippen LogP contribution is -2.05. The summed E-state index contributed by atoms with van der Waals surface area (Å²) in [7, 11) is 0. The van der Waals surface area contributed by atoms with E-state index in [-0.39, 0.29) is 28.7 Å². The Morgan fingerprint density at radius 3 is 2.57 bits per heavy atom. The molecule has 0 bridgehead atoms. The minimum Gasteiger partial charge on any atom is -0.399 e. The first-order chi connectivity index (χ1) is 9.95. The van der Waals surface area contributed by atoms with E-state index in [1.807, 2.05) is 0 Å². The smallest absolute Gasteiger partial charge is 0.228 e. The van der Waals surface area contributed by atoms with Crippen LogP contribution in [0.25, 0.3) is 0 Å². The number of carbonyl (C=O) groups excluding carboxylic acids is 2. The normalized spacial score (nSPS) is 13.0. The van der Waals surface area contributed by atoms with Gasteiger partial charge in [-0.05, 0) is 35.9 Å². The molecule has 0 unspecified atom stereocenters. The Hall–Kier alpha value is -2.04. The van der Waals surface area contributed by atoms with E-state index in [4.69, 9.17) is 28.9 Å². The van der Waals surface area contributed by atoms with Crippen LogP contribution in [0.5, 0.6) is 0 Å². The van der Waals surface area contributed by atoms with Gasteiger partial charge in [-0.1, -0.05) is 23.2 Å².